The fraction of sp³-hybridized carbons (Fsp3) is 0.750. The van der Waals surface area contributed by atoms with E-state index in [1.807, 2.05) is 0 Å². The summed E-state index contributed by atoms with van der Waals surface area (Å²) in [5.41, 5.74) is 0.0743. The summed E-state index contributed by atoms with van der Waals surface area (Å²) in [7, 11) is 0. The lowest BCUT2D eigenvalue weighted by Crippen LogP contribution is -2.07. The number of thiophene rings is 1. The molecule has 1 rings (SSSR count). The first-order valence-corrected chi connectivity index (χ1v) is 8.05. The predicted octanol–water partition coefficient (Wildman–Crippen LogP) is 6.09. The number of unbranched alkanes of at least 4 members (excludes halogenated alkanes) is 5. The van der Waals surface area contributed by atoms with E-state index >= 15 is 0 Å². The summed E-state index contributed by atoms with van der Waals surface area (Å²) in [6.07, 6.45) is 8.53. The maximum Gasteiger partial charge on any atom is 0.137 e. The largest absolute Gasteiger partial charge is 0.206 e. The van der Waals surface area contributed by atoms with Crippen molar-refractivity contribution in [1.82, 2.24) is 0 Å². The third-order valence-corrected chi connectivity index (χ3v) is 4.85. The molecule has 0 amide bonds. The summed E-state index contributed by atoms with van der Waals surface area (Å²) in [4.78, 5) is 2.12. The molecule has 18 heavy (non-hydrogen) atoms. The summed E-state index contributed by atoms with van der Waals surface area (Å²) >= 11 is 1.66. The number of halogens is 1. The second-order valence-electron chi connectivity index (χ2n) is 6.15. The van der Waals surface area contributed by atoms with E-state index in [0.29, 0.717) is 0 Å². The van der Waals surface area contributed by atoms with Crippen LogP contribution in [0.3, 0.4) is 0 Å². The lowest BCUT2D eigenvalue weighted by molar-refractivity contribution is 0.578. The maximum absolute atomic E-state index is 13.8. The van der Waals surface area contributed by atoms with Gasteiger partial charge in [-0.2, -0.15) is 0 Å². The van der Waals surface area contributed by atoms with Crippen LogP contribution < -0.4 is 0 Å². The SMILES string of the molecule is CCCCCCCCc1sc(C(C)(C)C)cc1F. The molecule has 0 fully saturated rings. The summed E-state index contributed by atoms with van der Waals surface area (Å²) in [6, 6.07) is 1.73. The Morgan fingerprint density at radius 2 is 1.67 bits per heavy atom. The second-order valence-corrected chi connectivity index (χ2v) is 7.29. The first-order chi connectivity index (χ1) is 8.45. The van der Waals surface area contributed by atoms with Gasteiger partial charge in [0.2, 0.25) is 0 Å². The van der Waals surface area contributed by atoms with E-state index in [1.54, 1.807) is 17.4 Å². The zero-order valence-electron chi connectivity index (χ0n) is 12.3. The van der Waals surface area contributed by atoms with Gasteiger partial charge in [0, 0.05) is 9.75 Å². The van der Waals surface area contributed by atoms with Gasteiger partial charge < -0.3 is 0 Å². The van der Waals surface area contributed by atoms with Gasteiger partial charge in [0.1, 0.15) is 5.82 Å². The minimum Gasteiger partial charge on any atom is -0.206 e. The number of hydrogen-bond acceptors (Lipinski definition) is 1. The molecule has 2 heteroatoms. The van der Waals surface area contributed by atoms with Crippen molar-refractivity contribution < 1.29 is 4.39 Å². The molecule has 0 bridgehead atoms. The quantitative estimate of drug-likeness (QED) is 0.526. The number of aryl methyl sites for hydroxylation is 1. The van der Waals surface area contributed by atoms with Crippen LogP contribution in [0.25, 0.3) is 0 Å². The zero-order chi connectivity index (χ0) is 13.6. The smallest absolute Gasteiger partial charge is 0.137 e. The Bertz CT molecular complexity index is 346. The molecule has 0 aliphatic rings. The zero-order valence-corrected chi connectivity index (χ0v) is 13.1. The average molecular weight is 270 g/mol. The van der Waals surface area contributed by atoms with E-state index in [4.69, 9.17) is 0 Å². The van der Waals surface area contributed by atoms with E-state index in [2.05, 4.69) is 27.7 Å². The minimum absolute atomic E-state index is 0.0125. The predicted molar refractivity (Wildman–Crippen MR) is 80.1 cm³/mol. The Morgan fingerprint density at radius 3 is 2.22 bits per heavy atom. The second kappa shape index (κ2) is 7.28. The van der Waals surface area contributed by atoms with Crippen LogP contribution in [0.2, 0.25) is 0 Å². The van der Waals surface area contributed by atoms with Crippen molar-refractivity contribution in [3.8, 4) is 0 Å². The van der Waals surface area contributed by atoms with Crippen LogP contribution in [0.1, 0.15) is 76.0 Å². The fourth-order valence-electron chi connectivity index (χ4n) is 2.01. The molecule has 0 unspecified atom stereocenters. The van der Waals surface area contributed by atoms with Gasteiger partial charge in [-0.05, 0) is 24.3 Å². The Hall–Kier alpha value is -0.370. The van der Waals surface area contributed by atoms with Crippen molar-refractivity contribution in [3.05, 3.63) is 21.6 Å². The van der Waals surface area contributed by atoms with Crippen LogP contribution in [-0.2, 0) is 11.8 Å². The standard InChI is InChI=1S/C16H27FS/c1-5-6-7-8-9-10-11-14-13(17)12-15(18-14)16(2,3)4/h12H,5-11H2,1-4H3. The third kappa shape index (κ3) is 5.09. The van der Waals surface area contributed by atoms with Crippen LogP contribution in [0, 0.1) is 5.82 Å². The van der Waals surface area contributed by atoms with Crippen LogP contribution in [0.4, 0.5) is 4.39 Å². The van der Waals surface area contributed by atoms with E-state index in [0.717, 1.165) is 17.7 Å². The molecule has 0 aliphatic heterocycles. The van der Waals surface area contributed by atoms with Gasteiger partial charge in [-0.3, -0.25) is 0 Å². The summed E-state index contributed by atoms with van der Waals surface area (Å²) in [5.74, 6) is 0.0125. The Kier molecular flexibility index (Phi) is 6.34. The van der Waals surface area contributed by atoms with Crippen molar-refractivity contribution in [2.75, 3.05) is 0 Å². The molecule has 0 aromatic carbocycles. The molecule has 0 spiro atoms. The third-order valence-electron chi connectivity index (χ3n) is 3.25. The van der Waals surface area contributed by atoms with Crippen molar-refractivity contribution in [1.29, 1.82) is 0 Å². The van der Waals surface area contributed by atoms with Gasteiger partial charge in [0.25, 0.3) is 0 Å². The molecule has 0 radical (unpaired) electrons. The van der Waals surface area contributed by atoms with Crippen LogP contribution >= 0.6 is 11.3 Å². The minimum atomic E-state index is 0.0125. The maximum atomic E-state index is 13.8. The molecule has 0 saturated heterocycles. The highest BCUT2D eigenvalue weighted by atomic mass is 32.1. The lowest BCUT2D eigenvalue weighted by atomic mass is 9.95. The van der Waals surface area contributed by atoms with Crippen LogP contribution in [-0.4, -0.2) is 0 Å². The molecule has 0 nitrogen and oxygen atoms in total. The first kappa shape index (κ1) is 15.7. The highest BCUT2D eigenvalue weighted by Gasteiger charge is 2.19. The molecule has 1 heterocycles. The van der Waals surface area contributed by atoms with Gasteiger partial charge in [0.05, 0.1) is 0 Å². The summed E-state index contributed by atoms with van der Waals surface area (Å²) < 4.78 is 13.8. The fourth-order valence-corrected chi connectivity index (χ4v) is 3.15. The van der Waals surface area contributed by atoms with Gasteiger partial charge in [-0.25, -0.2) is 4.39 Å². The van der Waals surface area contributed by atoms with E-state index in [-0.39, 0.29) is 11.2 Å². The summed E-state index contributed by atoms with van der Waals surface area (Å²) in [6.45, 7) is 8.67. The van der Waals surface area contributed by atoms with Crippen molar-refractivity contribution >= 4 is 11.3 Å². The summed E-state index contributed by atoms with van der Waals surface area (Å²) in [5, 5.41) is 0. The van der Waals surface area contributed by atoms with Gasteiger partial charge >= 0.3 is 0 Å². The van der Waals surface area contributed by atoms with Crippen molar-refractivity contribution in [3.63, 3.8) is 0 Å². The Labute approximate surface area is 116 Å². The van der Waals surface area contributed by atoms with E-state index in [1.165, 1.54) is 37.0 Å². The molecule has 1 aromatic rings. The van der Waals surface area contributed by atoms with E-state index in [9.17, 15) is 4.39 Å². The van der Waals surface area contributed by atoms with Crippen molar-refractivity contribution in [2.45, 2.75) is 78.1 Å². The molecule has 0 aliphatic carbocycles. The highest BCUT2D eigenvalue weighted by Crippen LogP contribution is 2.32. The molecule has 104 valence electrons. The van der Waals surface area contributed by atoms with E-state index < -0.39 is 0 Å². The Morgan fingerprint density at radius 1 is 1.06 bits per heavy atom. The van der Waals surface area contributed by atoms with Crippen LogP contribution in [0.5, 0.6) is 0 Å². The molecule has 0 atom stereocenters. The van der Waals surface area contributed by atoms with Crippen LogP contribution in [0.15, 0.2) is 6.07 Å². The van der Waals surface area contributed by atoms with Gasteiger partial charge in [-0.1, -0.05) is 59.8 Å². The molecule has 0 N–H and O–H groups in total. The van der Waals surface area contributed by atoms with Crippen molar-refractivity contribution in [2.24, 2.45) is 0 Å². The molecular weight excluding hydrogens is 243 g/mol. The average Bonchev–Trinajstić information content (AvgIpc) is 2.65. The first-order valence-electron chi connectivity index (χ1n) is 7.24. The van der Waals surface area contributed by atoms with Gasteiger partial charge in [0.15, 0.2) is 0 Å². The lowest BCUT2D eigenvalue weighted by Gasteiger charge is -2.15. The topological polar surface area (TPSA) is 0 Å². The molecule has 0 saturated carbocycles. The monoisotopic (exact) mass is 270 g/mol. The Balaban J connectivity index is 2.36. The number of rotatable bonds is 7. The number of hydrogen-bond donors (Lipinski definition) is 0. The molecular formula is C16H27FS. The molecule has 1 aromatic heterocycles. The normalized spacial score (nSPS) is 12.1. The highest BCUT2D eigenvalue weighted by molar-refractivity contribution is 7.12. The van der Waals surface area contributed by atoms with Gasteiger partial charge in [-0.15, -0.1) is 11.3 Å².